The van der Waals surface area contributed by atoms with Crippen molar-refractivity contribution in [2.24, 2.45) is 0 Å². The van der Waals surface area contributed by atoms with Crippen LogP contribution in [0.25, 0.3) is 0 Å². The Kier molecular flexibility index (Phi) is 1.15. The largest absolute Gasteiger partial charge is 0.381 e. The van der Waals surface area contributed by atoms with Crippen LogP contribution in [0.2, 0.25) is 0 Å². The Balaban J connectivity index is 2.05. The van der Waals surface area contributed by atoms with Crippen molar-refractivity contribution in [2.75, 3.05) is 13.2 Å². The van der Waals surface area contributed by atoms with E-state index in [1.807, 2.05) is 0 Å². The minimum atomic E-state index is 0.386. The van der Waals surface area contributed by atoms with E-state index in [9.17, 15) is 0 Å². The van der Waals surface area contributed by atoms with Crippen molar-refractivity contribution in [1.82, 2.24) is 5.32 Å². The fourth-order valence-electron chi connectivity index (χ4n) is 2.04. The molecule has 0 aromatic heterocycles. The van der Waals surface area contributed by atoms with Crippen molar-refractivity contribution < 1.29 is 4.74 Å². The van der Waals surface area contributed by atoms with Gasteiger partial charge in [0.25, 0.3) is 0 Å². The summed E-state index contributed by atoms with van der Waals surface area (Å²) in [4.78, 5) is 0. The first-order valence-electron chi connectivity index (χ1n) is 4.03. The highest BCUT2D eigenvalue weighted by atomic mass is 16.5. The van der Waals surface area contributed by atoms with E-state index in [1.165, 1.54) is 12.8 Å². The molecule has 2 aliphatic rings. The summed E-state index contributed by atoms with van der Waals surface area (Å²) in [5.41, 5.74) is 0.835. The lowest BCUT2D eigenvalue weighted by atomic mass is 9.89. The highest BCUT2D eigenvalue weighted by molar-refractivity contribution is 5.22. The van der Waals surface area contributed by atoms with Gasteiger partial charge in [0.15, 0.2) is 0 Å². The Hall–Kier alpha value is -0.0800. The molecule has 0 aliphatic carbocycles. The first kappa shape index (κ1) is 6.62. The van der Waals surface area contributed by atoms with E-state index in [4.69, 9.17) is 4.74 Å². The fraction of sp³-hybridized carbons (Fsp3) is 1.00. The van der Waals surface area contributed by atoms with E-state index in [1.54, 1.807) is 0 Å². The van der Waals surface area contributed by atoms with Gasteiger partial charge in [0, 0.05) is 24.3 Å². The third-order valence-electron chi connectivity index (χ3n) is 3.03. The summed E-state index contributed by atoms with van der Waals surface area (Å²) in [6.45, 7) is 6.43. The molecule has 2 fully saturated rings. The monoisotopic (exact) mass is 141 g/mol. The Bertz CT molecular complexity index is 147. The second-order valence-corrected chi connectivity index (χ2v) is 3.94. The van der Waals surface area contributed by atoms with Gasteiger partial charge in [0.05, 0.1) is 0 Å². The predicted octanol–water partition coefficient (Wildman–Crippen LogP) is 0.917. The van der Waals surface area contributed by atoms with Gasteiger partial charge < -0.3 is 10.1 Å². The van der Waals surface area contributed by atoms with Crippen LogP contribution in [0.4, 0.5) is 0 Å². The first-order chi connectivity index (χ1) is 4.66. The Morgan fingerprint density at radius 1 is 1.20 bits per heavy atom. The molecule has 0 unspecified atom stereocenters. The zero-order valence-electron chi connectivity index (χ0n) is 6.74. The van der Waals surface area contributed by atoms with Crippen molar-refractivity contribution in [3.63, 3.8) is 0 Å². The predicted molar refractivity (Wildman–Crippen MR) is 40.0 cm³/mol. The van der Waals surface area contributed by atoms with Crippen molar-refractivity contribution in [2.45, 2.75) is 37.8 Å². The summed E-state index contributed by atoms with van der Waals surface area (Å²) in [5, 5.41) is 3.54. The highest BCUT2D eigenvalue weighted by Gasteiger charge is 2.60. The lowest BCUT2D eigenvalue weighted by Crippen LogP contribution is -2.29. The molecule has 1 N–H and O–H groups in total. The van der Waals surface area contributed by atoms with E-state index < -0.39 is 0 Å². The molecule has 1 spiro atoms. The zero-order chi connectivity index (χ0) is 7.24. The topological polar surface area (TPSA) is 31.2 Å². The first-order valence-corrected chi connectivity index (χ1v) is 4.03. The van der Waals surface area contributed by atoms with Crippen LogP contribution < -0.4 is 5.32 Å². The minimum absolute atomic E-state index is 0.386. The van der Waals surface area contributed by atoms with Gasteiger partial charge in [0.1, 0.15) is 0 Å². The molecule has 0 radical (unpaired) electrons. The molecule has 58 valence electrons. The second-order valence-electron chi connectivity index (χ2n) is 3.94. The smallest absolute Gasteiger partial charge is 0.0484 e. The molecule has 0 saturated carbocycles. The van der Waals surface area contributed by atoms with Gasteiger partial charge in [-0.15, -0.1) is 0 Å². The van der Waals surface area contributed by atoms with Gasteiger partial charge in [-0.2, -0.15) is 0 Å². The van der Waals surface area contributed by atoms with Crippen molar-refractivity contribution in [3.8, 4) is 0 Å². The second kappa shape index (κ2) is 1.74. The zero-order valence-corrected chi connectivity index (χ0v) is 6.74. The van der Waals surface area contributed by atoms with Gasteiger partial charge >= 0.3 is 0 Å². The average Bonchev–Trinajstić information content (AvgIpc) is 2.36. The normalized spacial score (nSPS) is 34.2. The van der Waals surface area contributed by atoms with E-state index in [2.05, 4.69) is 19.2 Å². The van der Waals surface area contributed by atoms with Crippen LogP contribution >= 0.6 is 0 Å². The molecule has 10 heavy (non-hydrogen) atoms. The quantitative estimate of drug-likeness (QED) is 0.508. The van der Waals surface area contributed by atoms with E-state index in [0.717, 1.165) is 13.2 Å². The third kappa shape index (κ3) is 0.722. The number of nitrogens with one attached hydrogen (secondary N) is 1. The van der Waals surface area contributed by atoms with Crippen LogP contribution in [0, 0.1) is 0 Å². The Morgan fingerprint density at radius 2 is 1.70 bits per heavy atom. The Labute approximate surface area is 61.9 Å². The molecule has 2 rings (SSSR count). The van der Waals surface area contributed by atoms with Crippen molar-refractivity contribution >= 4 is 0 Å². The summed E-state index contributed by atoms with van der Waals surface area (Å²) in [7, 11) is 0. The molecule has 0 aromatic rings. The van der Waals surface area contributed by atoms with Gasteiger partial charge in [-0.3, -0.25) is 0 Å². The molecule has 2 aliphatic heterocycles. The molecule has 2 saturated heterocycles. The maximum atomic E-state index is 5.30. The number of hydrogen-bond donors (Lipinski definition) is 1. The average molecular weight is 141 g/mol. The molecule has 0 aromatic carbocycles. The van der Waals surface area contributed by atoms with Gasteiger partial charge in [-0.05, 0) is 26.7 Å². The lowest BCUT2D eigenvalue weighted by Gasteiger charge is -2.22. The van der Waals surface area contributed by atoms with Crippen LogP contribution in [0.5, 0.6) is 0 Å². The van der Waals surface area contributed by atoms with Gasteiger partial charge in [0.2, 0.25) is 0 Å². The van der Waals surface area contributed by atoms with Crippen LogP contribution in [-0.2, 0) is 4.74 Å². The minimum Gasteiger partial charge on any atom is -0.381 e. The molecule has 2 heterocycles. The molecule has 0 bridgehead atoms. The van der Waals surface area contributed by atoms with Crippen LogP contribution in [0.15, 0.2) is 0 Å². The molecule has 0 atom stereocenters. The van der Waals surface area contributed by atoms with E-state index in [-0.39, 0.29) is 0 Å². The maximum absolute atomic E-state index is 5.30. The fourth-order valence-corrected chi connectivity index (χ4v) is 2.04. The maximum Gasteiger partial charge on any atom is 0.0484 e. The summed E-state index contributed by atoms with van der Waals surface area (Å²) in [6, 6.07) is 0. The molecular weight excluding hydrogens is 126 g/mol. The molecule has 2 nitrogen and oxygen atoms in total. The summed E-state index contributed by atoms with van der Waals surface area (Å²) < 4.78 is 5.30. The summed E-state index contributed by atoms with van der Waals surface area (Å²) in [5.74, 6) is 0. The lowest BCUT2D eigenvalue weighted by molar-refractivity contribution is 0.0737. The van der Waals surface area contributed by atoms with Gasteiger partial charge in [-0.25, -0.2) is 0 Å². The van der Waals surface area contributed by atoms with Crippen molar-refractivity contribution in [3.05, 3.63) is 0 Å². The number of rotatable bonds is 0. The van der Waals surface area contributed by atoms with Crippen LogP contribution in [0.3, 0.4) is 0 Å². The SMILES string of the molecule is CC1(C)NC12CCOCC2. The van der Waals surface area contributed by atoms with E-state index >= 15 is 0 Å². The number of hydrogen-bond acceptors (Lipinski definition) is 2. The molecule has 2 heteroatoms. The van der Waals surface area contributed by atoms with Crippen molar-refractivity contribution in [1.29, 1.82) is 0 Å². The van der Waals surface area contributed by atoms with Gasteiger partial charge in [-0.1, -0.05) is 0 Å². The van der Waals surface area contributed by atoms with E-state index in [0.29, 0.717) is 11.1 Å². The highest BCUT2D eigenvalue weighted by Crippen LogP contribution is 2.45. The Morgan fingerprint density at radius 3 is 2.00 bits per heavy atom. The molecule has 0 amide bonds. The van der Waals surface area contributed by atoms with Crippen LogP contribution in [0.1, 0.15) is 26.7 Å². The number of ether oxygens (including phenoxy) is 1. The summed E-state index contributed by atoms with van der Waals surface area (Å²) in [6.07, 6.45) is 2.39. The summed E-state index contributed by atoms with van der Waals surface area (Å²) >= 11 is 0. The standard InChI is InChI=1S/C8H15NO/c1-7(2)8(9-7)3-5-10-6-4-8/h9H,3-6H2,1-2H3. The third-order valence-corrected chi connectivity index (χ3v) is 3.03. The molecular formula is C8H15NO. The van der Waals surface area contributed by atoms with Crippen LogP contribution in [-0.4, -0.2) is 24.3 Å².